The fraction of sp³-hybridized carbons (Fsp3) is 0.700. The molecule has 0 aliphatic heterocycles. The monoisotopic (exact) mass is 179 g/mol. The van der Waals surface area contributed by atoms with Gasteiger partial charge in [-0.05, 0) is 32.7 Å². The highest BCUT2D eigenvalue weighted by molar-refractivity contribution is 4.88. The summed E-state index contributed by atoms with van der Waals surface area (Å²) >= 11 is 0. The normalized spacial score (nSPS) is 16.4. The molecule has 0 aromatic carbocycles. The van der Waals surface area contributed by atoms with E-state index in [0.29, 0.717) is 0 Å². The van der Waals surface area contributed by atoms with Crippen LogP contribution in [0.15, 0.2) is 12.4 Å². The highest BCUT2D eigenvalue weighted by atomic mass is 15.1. The van der Waals surface area contributed by atoms with Crippen LogP contribution in [0.3, 0.4) is 0 Å². The molecule has 1 saturated carbocycles. The second-order valence-corrected chi connectivity index (χ2v) is 3.75. The van der Waals surface area contributed by atoms with E-state index in [2.05, 4.69) is 14.9 Å². The summed E-state index contributed by atoms with van der Waals surface area (Å²) in [5.41, 5.74) is 0. The van der Waals surface area contributed by atoms with Crippen LogP contribution in [0.5, 0.6) is 0 Å². The van der Waals surface area contributed by atoms with Gasteiger partial charge in [0.05, 0.1) is 0 Å². The molecule has 72 valence electrons. The Balaban J connectivity index is 1.64. The molecule has 1 aromatic rings. The summed E-state index contributed by atoms with van der Waals surface area (Å²) in [6, 6.07) is 0.837. The number of aromatic nitrogens is 2. The maximum Gasteiger partial charge on any atom is 0.105 e. The Kier molecular flexibility index (Phi) is 2.64. The van der Waals surface area contributed by atoms with E-state index in [1.54, 1.807) is 0 Å². The van der Waals surface area contributed by atoms with E-state index in [0.717, 1.165) is 25.0 Å². The van der Waals surface area contributed by atoms with Crippen LogP contribution in [0, 0.1) is 6.92 Å². The molecule has 0 radical (unpaired) electrons. The second kappa shape index (κ2) is 3.92. The molecule has 1 aliphatic rings. The highest BCUT2D eigenvalue weighted by Crippen LogP contribution is 2.18. The van der Waals surface area contributed by atoms with Crippen LogP contribution >= 0.6 is 0 Å². The van der Waals surface area contributed by atoms with Crippen molar-refractivity contribution >= 4 is 0 Å². The van der Waals surface area contributed by atoms with Crippen molar-refractivity contribution in [1.29, 1.82) is 0 Å². The van der Waals surface area contributed by atoms with E-state index < -0.39 is 0 Å². The van der Waals surface area contributed by atoms with E-state index in [4.69, 9.17) is 0 Å². The SMILES string of the molecule is Cc1nccn1CCCNC1CC1. The zero-order valence-electron chi connectivity index (χ0n) is 8.16. The van der Waals surface area contributed by atoms with Crippen LogP contribution in [0.4, 0.5) is 0 Å². The largest absolute Gasteiger partial charge is 0.335 e. The smallest absolute Gasteiger partial charge is 0.105 e. The molecule has 0 unspecified atom stereocenters. The Morgan fingerprint density at radius 2 is 2.46 bits per heavy atom. The van der Waals surface area contributed by atoms with Crippen molar-refractivity contribution in [2.45, 2.75) is 38.8 Å². The molecule has 3 heteroatoms. The maximum absolute atomic E-state index is 4.19. The van der Waals surface area contributed by atoms with Crippen molar-refractivity contribution in [3.8, 4) is 0 Å². The second-order valence-electron chi connectivity index (χ2n) is 3.75. The molecular formula is C10H17N3. The van der Waals surface area contributed by atoms with Crippen LogP contribution in [0.2, 0.25) is 0 Å². The minimum Gasteiger partial charge on any atom is -0.335 e. The first-order valence-electron chi connectivity index (χ1n) is 5.07. The summed E-state index contributed by atoms with van der Waals surface area (Å²) in [4.78, 5) is 4.19. The first kappa shape index (κ1) is 8.75. The Labute approximate surface area is 79.2 Å². The Morgan fingerprint density at radius 3 is 3.08 bits per heavy atom. The van der Waals surface area contributed by atoms with Gasteiger partial charge < -0.3 is 9.88 Å². The first-order valence-corrected chi connectivity index (χ1v) is 5.07. The topological polar surface area (TPSA) is 29.9 Å². The minimum absolute atomic E-state index is 0.837. The van der Waals surface area contributed by atoms with E-state index in [1.165, 1.54) is 19.3 Å². The lowest BCUT2D eigenvalue weighted by Crippen LogP contribution is -2.19. The maximum atomic E-state index is 4.19. The van der Waals surface area contributed by atoms with Gasteiger partial charge in [0.1, 0.15) is 5.82 Å². The molecule has 2 rings (SSSR count). The quantitative estimate of drug-likeness (QED) is 0.691. The molecule has 1 fully saturated rings. The van der Waals surface area contributed by atoms with Gasteiger partial charge in [-0.3, -0.25) is 0 Å². The number of nitrogens with one attached hydrogen (secondary N) is 1. The molecule has 13 heavy (non-hydrogen) atoms. The molecule has 0 spiro atoms. The number of imidazole rings is 1. The first-order chi connectivity index (χ1) is 6.36. The Hall–Kier alpha value is -0.830. The van der Waals surface area contributed by atoms with Crippen molar-refractivity contribution in [2.24, 2.45) is 0 Å². The van der Waals surface area contributed by atoms with Gasteiger partial charge in [-0.1, -0.05) is 0 Å². The third-order valence-corrected chi connectivity index (χ3v) is 2.51. The summed E-state index contributed by atoms with van der Waals surface area (Å²) in [7, 11) is 0. The Morgan fingerprint density at radius 1 is 1.62 bits per heavy atom. The van der Waals surface area contributed by atoms with Gasteiger partial charge in [0.25, 0.3) is 0 Å². The zero-order chi connectivity index (χ0) is 9.10. The number of nitrogens with zero attached hydrogens (tertiary/aromatic N) is 2. The van der Waals surface area contributed by atoms with E-state index in [9.17, 15) is 0 Å². The van der Waals surface area contributed by atoms with Crippen LogP contribution in [-0.4, -0.2) is 22.1 Å². The van der Waals surface area contributed by atoms with Crippen molar-refractivity contribution in [2.75, 3.05) is 6.54 Å². The molecule has 0 bridgehead atoms. The number of rotatable bonds is 5. The lowest BCUT2D eigenvalue weighted by Gasteiger charge is -2.05. The van der Waals surface area contributed by atoms with Crippen LogP contribution in [0.25, 0.3) is 0 Å². The number of hydrogen-bond acceptors (Lipinski definition) is 2. The van der Waals surface area contributed by atoms with Gasteiger partial charge in [-0.15, -0.1) is 0 Å². The van der Waals surface area contributed by atoms with Gasteiger partial charge in [0, 0.05) is 25.0 Å². The Bertz CT molecular complexity index is 263. The summed E-state index contributed by atoms with van der Waals surface area (Å²) in [5, 5.41) is 3.50. The predicted molar refractivity (Wildman–Crippen MR) is 52.6 cm³/mol. The molecule has 1 heterocycles. The van der Waals surface area contributed by atoms with Crippen LogP contribution in [0.1, 0.15) is 25.1 Å². The van der Waals surface area contributed by atoms with E-state index in [-0.39, 0.29) is 0 Å². The van der Waals surface area contributed by atoms with Gasteiger partial charge in [0.15, 0.2) is 0 Å². The molecule has 0 amide bonds. The lowest BCUT2D eigenvalue weighted by molar-refractivity contribution is 0.571. The molecule has 0 atom stereocenters. The molecule has 1 aliphatic carbocycles. The fourth-order valence-electron chi connectivity index (χ4n) is 1.48. The molecular weight excluding hydrogens is 162 g/mol. The number of aryl methyl sites for hydroxylation is 2. The van der Waals surface area contributed by atoms with Gasteiger partial charge in [-0.25, -0.2) is 4.98 Å². The minimum atomic E-state index is 0.837. The molecule has 1 N–H and O–H groups in total. The fourth-order valence-corrected chi connectivity index (χ4v) is 1.48. The summed E-state index contributed by atoms with van der Waals surface area (Å²) in [6.07, 6.45) is 7.87. The third kappa shape index (κ3) is 2.56. The van der Waals surface area contributed by atoms with Crippen molar-refractivity contribution in [1.82, 2.24) is 14.9 Å². The van der Waals surface area contributed by atoms with E-state index >= 15 is 0 Å². The van der Waals surface area contributed by atoms with Crippen LogP contribution in [-0.2, 0) is 6.54 Å². The van der Waals surface area contributed by atoms with Crippen molar-refractivity contribution in [3.05, 3.63) is 18.2 Å². The average molecular weight is 179 g/mol. The third-order valence-electron chi connectivity index (χ3n) is 2.51. The summed E-state index contributed by atoms with van der Waals surface area (Å²) < 4.78 is 2.20. The summed E-state index contributed by atoms with van der Waals surface area (Å²) in [6.45, 7) is 4.28. The van der Waals surface area contributed by atoms with Crippen molar-refractivity contribution < 1.29 is 0 Å². The van der Waals surface area contributed by atoms with Gasteiger partial charge >= 0.3 is 0 Å². The zero-order valence-corrected chi connectivity index (χ0v) is 8.16. The molecule has 3 nitrogen and oxygen atoms in total. The van der Waals surface area contributed by atoms with Crippen LogP contribution < -0.4 is 5.32 Å². The molecule has 0 saturated heterocycles. The van der Waals surface area contributed by atoms with E-state index in [1.807, 2.05) is 19.3 Å². The molecule has 1 aromatic heterocycles. The van der Waals surface area contributed by atoms with Gasteiger partial charge in [-0.2, -0.15) is 0 Å². The summed E-state index contributed by atoms with van der Waals surface area (Å²) in [5.74, 6) is 1.12. The van der Waals surface area contributed by atoms with Crippen molar-refractivity contribution in [3.63, 3.8) is 0 Å². The average Bonchev–Trinajstić information content (AvgIpc) is 2.86. The predicted octanol–water partition coefficient (Wildman–Crippen LogP) is 1.33. The highest BCUT2D eigenvalue weighted by Gasteiger charge is 2.19. The lowest BCUT2D eigenvalue weighted by atomic mass is 10.4. The standard InChI is InChI=1S/C10H17N3/c1-9-11-6-8-13(9)7-2-5-12-10-3-4-10/h6,8,10,12H,2-5,7H2,1H3. The number of hydrogen-bond donors (Lipinski definition) is 1. The van der Waals surface area contributed by atoms with Gasteiger partial charge in [0.2, 0.25) is 0 Å².